The van der Waals surface area contributed by atoms with Crippen LogP contribution in [0.25, 0.3) is 0 Å². The minimum absolute atomic E-state index is 0.0486. The van der Waals surface area contributed by atoms with E-state index in [1.54, 1.807) is 59.5 Å². The number of ether oxygens (including phenoxy) is 1. The molecule has 2 aliphatic heterocycles. The second-order valence-corrected chi connectivity index (χ2v) is 8.71. The maximum atomic E-state index is 12.8. The number of halogens is 1. The zero-order valence-corrected chi connectivity index (χ0v) is 18.8. The molecule has 0 aliphatic carbocycles. The van der Waals surface area contributed by atoms with Crippen molar-refractivity contribution in [2.75, 3.05) is 16.3 Å². The molecule has 8 heteroatoms. The molecule has 33 heavy (non-hydrogen) atoms. The van der Waals surface area contributed by atoms with E-state index < -0.39 is 23.7 Å². The van der Waals surface area contributed by atoms with E-state index in [2.05, 4.69) is 15.9 Å². The van der Waals surface area contributed by atoms with Gasteiger partial charge in [-0.25, -0.2) is 4.90 Å². The summed E-state index contributed by atoms with van der Waals surface area (Å²) in [5, 5.41) is 0. The van der Waals surface area contributed by atoms with Crippen LogP contribution >= 0.6 is 15.9 Å². The van der Waals surface area contributed by atoms with Crippen molar-refractivity contribution in [3.8, 4) is 5.75 Å². The summed E-state index contributed by atoms with van der Waals surface area (Å²) >= 11 is 3.36. The lowest BCUT2D eigenvalue weighted by Crippen LogP contribution is -2.29. The van der Waals surface area contributed by atoms with E-state index in [-0.39, 0.29) is 24.6 Å². The molecule has 0 spiro atoms. The first kappa shape index (κ1) is 21.1. The first-order valence-corrected chi connectivity index (χ1v) is 11.1. The molecule has 0 aromatic heterocycles. The predicted molar refractivity (Wildman–Crippen MR) is 124 cm³/mol. The minimum atomic E-state index is -0.621. The first-order chi connectivity index (χ1) is 15.9. The number of imide groups is 1. The molecule has 0 radical (unpaired) electrons. The van der Waals surface area contributed by atoms with Crippen LogP contribution in [0.5, 0.6) is 5.75 Å². The van der Waals surface area contributed by atoms with E-state index in [1.807, 2.05) is 12.1 Å². The predicted octanol–water partition coefficient (Wildman–Crippen LogP) is 4.21. The van der Waals surface area contributed by atoms with Crippen LogP contribution < -0.4 is 14.5 Å². The number of amides is 3. The van der Waals surface area contributed by atoms with Gasteiger partial charge in [0.1, 0.15) is 5.75 Å². The number of nitrogens with zero attached hydrogens (tertiary/aromatic N) is 2. The average Bonchev–Trinajstić information content (AvgIpc) is 3.32. The molecule has 164 valence electrons. The van der Waals surface area contributed by atoms with Crippen LogP contribution in [0.15, 0.2) is 77.3 Å². The normalized spacial score (nSPS) is 17.5. The lowest BCUT2D eigenvalue weighted by molar-refractivity contribution is -0.139. The lowest BCUT2D eigenvalue weighted by atomic mass is 10.1. The number of hydrogen-bond acceptors (Lipinski definition) is 5. The molecule has 3 amide bonds. The topological polar surface area (TPSA) is 84.0 Å². The number of fused-ring (bicyclic) bond motifs is 1. The second kappa shape index (κ2) is 8.29. The minimum Gasteiger partial charge on any atom is -0.426 e. The van der Waals surface area contributed by atoms with Crippen molar-refractivity contribution in [2.45, 2.75) is 6.42 Å². The molecule has 2 aliphatic rings. The van der Waals surface area contributed by atoms with Crippen molar-refractivity contribution in [1.82, 2.24) is 0 Å². The fraction of sp³-hybridized carbons (Fsp3) is 0.120. The summed E-state index contributed by atoms with van der Waals surface area (Å²) in [5.74, 6) is -1.97. The Labute approximate surface area is 197 Å². The Hall–Kier alpha value is -3.78. The SMILES string of the molecule is O=C(Oc1cccc(N2C(=O)c3ccccc3C2=O)c1)[C@H]1CC(=O)N(c2ccc(Br)cc2)C1. The van der Waals surface area contributed by atoms with Gasteiger partial charge in [0.25, 0.3) is 11.8 Å². The van der Waals surface area contributed by atoms with Gasteiger partial charge in [0.15, 0.2) is 0 Å². The summed E-state index contributed by atoms with van der Waals surface area (Å²) in [6.45, 7) is 0.220. The Kier molecular flexibility index (Phi) is 5.30. The maximum Gasteiger partial charge on any atom is 0.316 e. The van der Waals surface area contributed by atoms with Gasteiger partial charge in [-0.05, 0) is 48.5 Å². The number of carbonyl (C=O) groups is 4. The van der Waals surface area contributed by atoms with Gasteiger partial charge in [-0.1, -0.05) is 34.1 Å². The van der Waals surface area contributed by atoms with Gasteiger partial charge in [0.2, 0.25) is 5.91 Å². The molecule has 5 rings (SSSR count). The number of rotatable bonds is 4. The smallest absolute Gasteiger partial charge is 0.316 e. The summed E-state index contributed by atoms with van der Waals surface area (Å²) in [4.78, 5) is 53.3. The van der Waals surface area contributed by atoms with Crippen LogP contribution in [-0.4, -0.2) is 30.2 Å². The summed E-state index contributed by atoms with van der Waals surface area (Å²) in [6.07, 6.45) is 0.0486. The van der Waals surface area contributed by atoms with E-state index >= 15 is 0 Å². The van der Waals surface area contributed by atoms with Crippen molar-refractivity contribution in [3.63, 3.8) is 0 Å². The molecule has 1 atom stereocenters. The summed E-state index contributed by atoms with van der Waals surface area (Å²) in [6, 6.07) is 20.1. The molecule has 3 aromatic carbocycles. The fourth-order valence-electron chi connectivity index (χ4n) is 4.05. The Morgan fingerprint density at radius 2 is 1.52 bits per heavy atom. The van der Waals surface area contributed by atoms with Gasteiger partial charge >= 0.3 is 5.97 Å². The van der Waals surface area contributed by atoms with Gasteiger partial charge in [0.05, 0.1) is 22.7 Å². The number of benzene rings is 3. The highest BCUT2D eigenvalue weighted by Gasteiger charge is 2.38. The Morgan fingerprint density at radius 1 is 0.848 bits per heavy atom. The van der Waals surface area contributed by atoms with Crippen molar-refractivity contribution >= 4 is 51.0 Å². The largest absolute Gasteiger partial charge is 0.426 e. The van der Waals surface area contributed by atoms with Crippen LogP contribution in [0.2, 0.25) is 0 Å². The molecule has 0 unspecified atom stereocenters. The molecule has 0 N–H and O–H groups in total. The third-order valence-electron chi connectivity index (χ3n) is 5.68. The van der Waals surface area contributed by atoms with E-state index in [1.165, 1.54) is 6.07 Å². The molecule has 3 aromatic rings. The molecule has 7 nitrogen and oxygen atoms in total. The zero-order valence-electron chi connectivity index (χ0n) is 17.2. The zero-order chi connectivity index (χ0) is 23.1. The quantitative estimate of drug-likeness (QED) is 0.302. The average molecular weight is 505 g/mol. The third kappa shape index (κ3) is 3.82. The van der Waals surface area contributed by atoms with Crippen LogP contribution in [-0.2, 0) is 9.59 Å². The van der Waals surface area contributed by atoms with Gasteiger partial charge in [-0.15, -0.1) is 0 Å². The standard InChI is InChI=1S/C25H17BrN2O5/c26-16-8-10-17(11-9-16)27-14-15(12-22(27)29)25(32)33-19-5-3-4-18(13-19)28-23(30)20-6-1-2-7-21(20)24(28)31/h1-11,13,15H,12,14H2/t15-/m0/s1. The molecule has 1 fully saturated rings. The van der Waals surface area contributed by atoms with Crippen LogP contribution in [0.4, 0.5) is 11.4 Å². The summed E-state index contributed by atoms with van der Waals surface area (Å²) < 4.78 is 6.42. The van der Waals surface area contributed by atoms with Crippen LogP contribution in [0, 0.1) is 5.92 Å². The second-order valence-electron chi connectivity index (χ2n) is 7.79. The van der Waals surface area contributed by atoms with E-state index in [9.17, 15) is 19.2 Å². The molecule has 0 bridgehead atoms. The van der Waals surface area contributed by atoms with Crippen LogP contribution in [0.1, 0.15) is 27.1 Å². The van der Waals surface area contributed by atoms with Gasteiger partial charge < -0.3 is 9.64 Å². The molecular formula is C25H17BrN2O5. The summed E-state index contributed by atoms with van der Waals surface area (Å²) in [7, 11) is 0. The van der Waals surface area contributed by atoms with Gasteiger partial charge in [0, 0.05) is 29.2 Å². The van der Waals surface area contributed by atoms with Crippen LogP contribution in [0.3, 0.4) is 0 Å². The first-order valence-electron chi connectivity index (χ1n) is 10.3. The highest BCUT2D eigenvalue weighted by molar-refractivity contribution is 9.10. The molecule has 2 heterocycles. The number of carbonyl (C=O) groups excluding carboxylic acids is 4. The Morgan fingerprint density at radius 3 is 2.18 bits per heavy atom. The monoisotopic (exact) mass is 504 g/mol. The highest BCUT2D eigenvalue weighted by atomic mass is 79.9. The Balaban J connectivity index is 1.31. The molecular weight excluding hydrogens is 488 g/mol. The molecule has 1 saturated heterocycles. The van der Waals surface area contributed by atoms with E-state index in [4.69, 9.17) is 4.74 Å². The van der Waals surface area contributed by atoms with E-state index in [0.717, 1.165) is 9.37 Å². The summed E-state index contributed by atoms with van der Waals surface area (Å²) in [5.41, 5.74) is 1.70. The third-order valence-corrected chi connectivity index (χ3v) is 6.21. The number of hydrogen-bond donors (Lipinski definition) is 0. The Bertz CT molecular complexity index is 1270. The number of anilines is 2. The van der Waals surface area contributed by atoms with Crippen molar-refractivity contribution in [1.29, 1.82) is 0 Å². The van der Waals surface area contributed by atoms with Gasteiger partial charge in [-0.3, -0.25) is 19.2 Å². The van der Waals surface area contributed by atoms with Crippen molar-refractivity contribution < 1.29 is 23.9 Å². The fourth-order valence-corrected chi connectivity index (χ4v) is 4.31. The van der Waals surface area contributed by atoms with E-state index in [0.29, 0.717) is 22.5 Å². The highest BCUT2D eigenvalue weighted by Crippen LogP contribution is 2.32. The maximum absolute atomic E-state index is 12.8. The van der Waals surface area contributed by atoms with Crippen molar-refractivity contribution in [2.24, 2.45) is 5.92 Å². The van der Waals surface area contributed by atoms with Gasteiger partial charge in [-0.2, -0.15) is 0 Å². The number of esters is 1. The lowest BCUT2D eigenvalue weighted by Gasteiger charge is -2.17. The van der Waals surface area contributed by atoms with Crippen molar-refractivity contribution in [3.05, 3.63) is 88.4 Å². The molecule has 0 saturated carbocycles.